The van der Waals surface area contributed by atoms with Gasteiger partial charge in [-0.1, -0.05) is 0 Å². The number of likely N-dealkylation sites (N-methyl/N-ethyl adjacent to an activating group) is 1. The number of piperidine rings is 1. The first-order valence-corrected chi connectivity index (χ1v) is 6.03. The Bertz CT molecular complexity index is 275. The fourth-order valence-electron chi connectivity index (χ4n) is 2.23. The van der Waals surface area contributed by atoms with Gasteiger partial charge < -0.3 is 10.2 Å². The maximum atomic E-state index is 12.3. The number of carbonyl (C=O) groups is 1. The second-order valence-electron chi connectivity index (χ2n) is 4.67. The van der Waals surface area contributed by atoms with E-state index in [0.29, 0.717) is 25.9 Å². The van der Waals surface area contributed by atoms with Gasteiger partial charge in [0, 0.05) is 19.1 Å². The first kappa shape index (κ1) is 15.2. The number of nitrogens with zero attached hydrogens (tertiary/aromatic N) is 2. The molecule has 0 unspecified atom stereocenters. The van der Waals surface area contributed by atoms with Crippen molar-refractivity contribution in [2.75, 3.05) is 40.3 Å². The smallest absolute Gasteiger partial charge is 0.341 e. The molecule has 1 N–H and O–H groups in total. The molecule has 1 heterocycles. The highest BCUT2D eigenvalue weighted by Crippen LogP contribution is 2.21. The molecule has 0 atom stereocenters. The lowest BCUT2D eigenvalue weighted by Crippen LogP contribution is -2.49. The topological polar surface area (TPSA) is 35.6 Å². The standard InChI is InChI=1S/C11H20F3N3O/c1-15-7-10(18)17-5-3-9(4-6-17)16(2)8-11(12,13)14/h9,15H,3-8H2,1-2H3. The Morgan fingerprint density at radius 3 is 2.39 bits per heavy atom. The number of hydrogen-bond acceptors (Lipinski definition) is 3. The highest BCUT2D eigenvalue weighted by molar-refractivity contribution is 5.78. The lowest BCUT2D eigenvalue weighted by molar-refractivity contribution is -0.150. The third kappa shape index (κ3) is 4.81. The molecule has 0 saturated carbocycles. The largest absolute Gasteiger partial charge is 0.401 e. The Balaban J connectivity index is 2.37. The van der Waals surface area contributed by atoms with E-state index in [0.717, 1.165) is 0 Å². The first-order valence-electron chi connectivity index (χ1n) is 6.03. The number of rotatable bonds is 4. The summed E-state index contributed by atoms with van der Waals surface area (Å²) in [4.78, 5) is 14.6. The molecule has 1 aliphatic heterocycles. The van der Waals surface area contributed by atoms with E-state index in [1.54, 1.807) is 11.9 Å². The van der Waals surface area contributed by atoms with Crippen molar-refractivity contribution in [2.24, 2.45) is 0 Å². The summed E-state index contributed by atoms with van der Waals surface area (Å²) in [6.07, 6.45) is -2.96. The molecule has 1 amide bonds. The van der Waals surface area contributed by atoms with Crippen molar-refractivity contribution in [1.29, 1.82) is 0 Å². The molecule has 0 spiro atoms. The van der Waals surface area contributed by atoms with Gasteiger partial charge in [0.2, 0.25) is 5.91 Å². The number of carbonyl (C=O) groups excluding carboxylic acids is 1. The van der Waals surface area contributed by atoms with Gasteiger partial charge in [-0.15, -0.1) is 0 Å². The van der Waals surface area contributed by atoms with E-state index in [1.807, 2.05) is 0 Å². The van der Waals surface area contributed by atoms with Gasteiger partial charge in [0.05, 0.1) is 13.1 Å². The summed E-state index contributed by atoms with van der Waals surface area (Å²) in [6, 6.07) is -0.0924. The Hall–Kier alpha value is -0.820. The van der Waals surface area contributed by atoms with E-state index >= 15 is 0 Å². The minimum absolute atomic E-state index is 0.00873. The molecule has 7 heteroatoms. The van der Waals surface area contributed by atoms with Gasteiger partial charge >= 0.3 is 6.18 Å². The first-order chi connectivity index (χ1) is 8.33. The summed E-state index contributed by atoms with van der Waals surface area (Å²) in [5, 5.41) is 2.78. The maximum Gasteiger partial charge on any atom is 0.401 e. The van der Waals surface area contributed by atoms with Crippen LogP contribution in [0, 0.1) is 0 Å². The molecule has 0 aromatic carbocycles. The number of hydrogen-bond donors (Lipinski definition) is 1. The third-order valence-electron chi connectivity index (χ3n) is 3.20. The zero-order valence-corrected chi connectivity index (χ0v) is 10.8. The van der Waals surface area contributed by atoms with Crippen molar-refractivity contribution in [3.63, 3.8) is 0 Å². The van der Waals surface area contributed by atoms with E-state index in [9.17, 15) is 18.0 Å². The Morgan fingerprint density at radius 1 is 1.39 bits per heavy atom. The van der Waals surface area contributed by atoms with E-state index < -0.39 is 12.7 Å². The predicted molar refractivity (Wildman–Crippen MR) is 62.2 cm³/mol. The number of likely N-dealkylation sites (tertiary alicyclic amines) is 1. The number of halogens is 3. The predicted octanol–water partition coefficient (Wildman–Crippen LogP) is 0.691. The Morgan fingerprint density at radius 2 is 1.94 bits per heavy atom. The van der Waals surface area contributed by atoms with E-state index in [2.05, 4.69) is 5.32 Å². The molecule has 0 radical (unpaired) electrons. The zero-order valence-electron chi connectivity index (χ0n) is 10.8. The molecule has 0 aromatic rings. The Labute approximate surface area is 105 Å². The normalized spacial score (nSPS) is 18.4. The van der Waals surface area contributed by atoms with Crippen molar-refractivity contribution in [1.82, 2.24) is 15.1 Å². The van der Waals surface area contributed by atoms with E-state index in [-0.39, 0.29) is 18.5 Å². The van der Waals surface area contributed by atoms with Crippen LogP contribution in [-0.2, 0) is 4.79 Å². The molecule has 0 aromatic heterocycles. The van der Waals surface area contributed by atoms with Gasteiger partial charge in [-0.3, -0.25) is 9.69 Å². The minimum atomic E-state index is -4.16. The van der Waals surface area contributed by atoms with Crippen LogP contribution in [0.4, 0.5) is 13.2 Å². The summed E-state index contributed by atoms with van der Waals surface area (Å²) >= 11 is 0. The lowest BCUT2D eigenvalue weighted by Gasteiger charge is -2.37. The monoisotopic (exact) mass is 267 g/mol. The van der Waals surface area contributed by atoms with Gasteiger partial charge in [-0.2, -0.15) is 13.2 Å². The van der Waals surface area contributed by atoms with Crippen molar-refractivity contribution >= 4 is 5.91 Å². The summed E-state index contributed by atoms with van der Waals surface area (Å²) in [5.41, 5.74) is 0. The molecule has 1 fully saturated rings. The van der Waals surface area contributed by atoms with Gasteiger partial charge in [0.1, 0.15) is 0 Å². The van der Waals surface area contributed by atoms with Gasteiger partial charge in [0.25, 0.3) is 0 Å². The van der Waals surface area contributed by atoms with Gasteiger partial charge in [-0.25, -0.2) is 0 Å². The van der Waals surface area contributed by atoms with Crippen LogP contribution in [0.25, 0.3) is 0 Å². The highest BCUT2D eigenvalue weighted by atomic mass is 19.4. The molecule has 1 saturated heterocycles. The molecular weight excluding hydrogens is 247 g/mol. The van der Waals surface area contributed by atoms with Crippen molar-refractivity contribution in [3.05, 3.63) is 0 Å². The van der Waals surface area contributed by atoms with Crippen LogP contribution in [0.3, 0.4) is 0 Å². The molecule has 18 heavy (non-hydrogen) atoms. The van der Waals surface area contributed by atoms with Gasteiger partial charge in [0.15, 0.2) is 0 Å². The van der Waals surface area contributed by atoms with Crippen LogP contribution < -0.4 is 5.32 Å². The van der Waals surface area contributed by atoms with Crippen molar-refractivity contribution in [2.45, 2.75) is 25.1 Å². The van der Waals surface area contributed by atoms with Crippen LogP contribution in [0.5, 0.6) is 0 Å². The Kier molecular flexibility index (Phi) is 5.40. The van der Waals surface area contributed by atoms with Crippen molar-refractivity contribution in [3.8, 4) is 0 Å². The van der Waals surface area contributed by atoms with E-state index in [4.69, 9.17) is 0 Å². The summed E-state index contributed by atoms with van der Waals surface area (Å²) in [6.45, 7) is 0.464. The number of alkyl halides is 3. The maximum absolute atomic E-state index is 12.3. The van der Waals surface area contributed by atoms with Crippen LogP contribution in [-0.4, -0.2) is 68.2 Å². The quantitative estimate of drug-likeness (QED) is 0.814. The zero-order chi connectivity index (χ0) is 13.8. The molecule has 4 nitrogen and oxygen atoms in total. The SMILES string of the molecule is CNCC(=O)N1CCC(N(C)CC(F)(F)F)CC1. The minimum Gasteiger partial charge on any atom is -0.341 e. The molecule has 106 valence electrons. The van der Waals surface area contributed by atoms with Crippen LogP contribution >= 0.6 is 0 Å². The van der Waals surface area contributed by atoms with Crippen LogP contribution in [0.1, 0.15) is 12.8 Å². The summed E-state index contributed by atoms with van der Waals surface area (Å²) in [7, 11) is 3.19. The van der Waals surface area contributed by atoms with Crippen LogP contribution in [0.2, 0.25) is 0 Å². The van der Waals surface area contributed by atoms with Crippen LogP contribution in [0.15, 0.2) is 0 Å². The lowest BCUT2D eigenvalue weighted by atomic mass is 10.0. The molecule has 1 aliphatic rings. The number of amides is 1. The molecule has 0 aliphatic carbocycles. The summed E-state index contributed by atoms with van der Waals surface area (Å²) in [5.74, 6) is 0.00873. The van der Waals surface area contributed by atoms with E-state index in [1.165, 1.54) is 11.9 Å². The molecular formula is C11H20F3N3O. The average Bonchev–Trinajstić information content (AvgIpc) is 2.27. The highest BCUT2D eigenvalue weighted by Gasteiger charge is 2.33. The fraction of sp³-hybridized carbons (Fsp3) is 0.909. The fourth-order valence-corrected chi connectivity index (χ4v) is 2.23. The second-order valence-corrected chi connectivity index (χ2v) is 4.67. The van der Waals surface area contributed by atoms with Gasteiger partial charge in [-0.05, 0) is 26.9 Å². The number of nitrogens with one attached hydrogen (secondary N) is 1. The third-order valence-corrected chi connectivity index (χ3v) is 3.20. The second kappa shape index (κ2) is 6.38. The average molecular weight is 267 g/mol. The van der Waals surface area contributed by atoms with Crippen molar-refractivity contribution < 1.29 is 18.0 Å². The molecule has 0 bridgehead atoms. The summed E-state index contributed by atoms with van der Waals surface area (Å²) < 4.78 is 36.8. The molecule has 1 rings (SSSR count).